The van der Waals surface area contributed by atoms with Crippen molar-refractivity contribution in [1.82, 2.24) is 0 Å². The predicted molar refractivity (Wildman–Crippen MR) is 93.8 cm³/mol. The van der Waals surface area contributed by atoms with E-state index in [2.05, 4.69) is 10.5 Å². The number of halogens is 4. The van der Waals surface area contributed by atoms with Gasteiger partial charge in [0.15, 0.2) is 11.5 Å². The first-order valence-electron chi connectivity index (χ1n) is 7.26. The lowest BCUT2D eigenvalue weighted by atomic mass is 10.2. The molecule has 0 aliphatic rings. The van der Waals surface area contributed by atoms with Crippen LogP contribution in [0.2, 0.25) is 5.02 Å². The molecular formula is C17H16ClF3N2O3. The summed E-state index contributed by atoms with van der Waals surface area (Å²) in [6, 6.07) is 6.22. The molecule has 2 aromatic rings. The highest BCUT2D eigenvalue weighted by molar-refractivity contribution is 6.33. The van der Waals surface area contributed by atoms with Crippen molar-refractivity contribution in [1.29, 1.82) is 0 Å². The van der Waals surface area contributed by atoms with Crippen LogP contribution in [0.1, 0.15) is 11.1 Å². The molecule has 2 aromatic carbocycles. The topological polar surface area (TPSA) is 52.1 Å². The van der Waals surface area contributed by atoms with Crippen molar-refractivity contribution in [3.8, 4) is 17.2 Å². The third kappa shape index (κ3) is 4.51. The summed E-state index contributed by atoms with van der Waals surface area (Å²) in [5.41, 5.74) is 2.29. The number of alkyl halides is 3. The van der Waals surface area contributed by atoms with E-state index in [-0.39, 0.29) is 10.7 Å². The Balaban J connectivity index is 2.26. The first-order chi connectivity index (χ1) is 12.3. The molecule has 140 valence electrons. The highest BCUT2D eigenvalue weighted by Crippen LogP contribution is 2.38. The van der Waals surface area contributed by atoms with Crippen molar-refractivity contribution in [3.05, 3.63) is 46.5 Å². The molecule has 9 heteroatoms. The molecule has 0 radical (unpaired) electrons. The fourth-order valence-corrected chi connectivity index (χ4v) is 2.30. The zero-order valence-corrected chi connectivity index (χ0v) is 14.9. The lowest BCUT2D eigenvalue weighted by molar-refractivity contribution is -0.137. The lowest BCUT2D eigenvalue weighted by Gasteiger charge is -2.12. The van der Waals surface area contributed by atoms with E-state index in [9.17, 15) is 13.2 Å². The zero-order chi connectivity index (χ0) is 19.3. The second-order valence-electron chi connectivity index (χ2n) is 5.02. The number of hydrogen-bond donors (Lipinski definition) is 1. The van der Waals surface area contributed by atoms with Gasteiger partial charge in [0.1, 0.15) is 0 Å². The summed E-state index contributed by atoms with van der Waals surface area (Å²) in [5.74, 6) is 1.26. The van der Waals surface area contributed by atoms with E-state index in [4.69, 9.17) is 25.8 Å². The molecule has 5 nitrogen and oxygen atoms in total. The Morgan fingerprint density at radius 2 is 1.62 bits per heavy atom. The van der Waals surface area contributed by atoms with Crippen LogP contribution in [0.3, 0.4) is 0 Å². The average molecular weight is 389 g/mol. The van der Waals surface area contributed by atoms with Crippen molar-refractivity contribution < 1.29 is 27.4 Å². The van der Waals surface area contributed by atoms with Crippen LogP contribution in [0.4, 0.5) is 18.9 Å². The lowest BCUT2D eigenvalue weighted by Crippen LogP contribution is -2.05. The van der Waals surface area contributed by atoms with Crippen molar-refractivity contribution in [2.24, 2.45) is 5.10 Å². The molecule has 0 atom stereocenters. The molecule has 0 amide bonds. The highest BCUT2D eigenvalue weighted by Gasteiger charge is 2.30. The van der Waals surface area contributed by atoms with Crippen molar-refractivity contribution in [2.45, 2.75) is 6.18 Å². The summed E-state index contributed by atoms with van der Waals surface area (Å²) < 4.78 is 54.0. The quantitative estimate of drug-likeness (QED) is 0.569. The molecule has 0 bridgehead atoms. The van der Waals surface area contributed by atoms with Gasteiger partial charge in [0.05, 0.1) is 43.8 Å². The molecule has 0 heterocycles. The highest BCUT2D eigenvalue weighted by atomic mass is 35.5. The summed E-state index contributed by atoms with van der Waals surface area (Å²) in [6.45, 7) is 0. The average Bonchev–Trinajstić information content (AvgIpc) is 2.61. The number of nitrogens with zero attached hydrogens (tertiary/aromatic N) is 1. The molecular weight excluding hydrogens is 373 g/mol. The second kappa shape index (κ2) is 8.18. The largest absolute Gasteiger partial charge is 0.493 e. The SMILES string of the molecule is COc1cc(/C=N/Nc2cc(C(F)(F)F)ccc2Cl)cc(OC)c1OC. The van der Waals surface area contributed by atoms with Gasteiger partial charge >= 0.3 is 6.18 Å². The molecule has 0 saturated heterocycles. The molecule has 0 spiro atoms. The minimum absolute atomic E-state index is 0.0326. The fraction of sp³-hybridized carbons (Fsp3) is 0.235. The number of nitrogens with one attached hydrogen (secondary N) is 1. The maximum atomic E-state index is 12.8. The van der Waals surface area contributed by atoms with Crippen LogP contribution in [-0.2, 0) is 6.18 Å². The number of rotatable bonds is 6. The van der Waals surface area contributed by atoms with Gasteiger partial charge in [-0.3, -0.25) is 5.43 Å². The zero-order valence-electron chi connectivity index (χ0n) is 14.1. The Morgan fingerprint density at radius 3 is 2.12 bits per heavy atom. The van der Waals surface area contributed by atoms with Gasteiger partial charge in [-0.2, -0.15) is 18.3 Å². The van der Waals surface area contributed by atoms with E-state index in [1.807, 2.05) is 0 Å². The summed E-state index contributed by atoms with van der Waals surface area (Å²) >= 11 is 5.90. The second-order valence-corrected chi connectivity index (χ2v) is 5.43. The first kappa shape index (κ1) is 19.7. The van der Waals surface area contributed by atoms with Crippen LogP contribution in [0.15, 0.2) is 35.4 Å². The van der Waals surface area contributed by atoms with Gasteiger partial charge in [0, 0.05) is 5.56 Å². The third-order valence-corrected chi connectivity index (χ3v) is 3.71. The van der Waals surface area contributed by atoms with Crippen LogP contribution in [0.5, 0.6) is 17.2 Å². The molecule has 0 unspecified atom stereocenters. The third-order valence-electron chi connectivity index (χ3n) is 3.38. The predicted octanol–water partition coefficient (Wildman–Crippen LogP) is 4.83. The van der Waals surface area contributed by atoms with Crippen LogP contribution in [0.25, 0.3) is 0 Å². The standard InChI is InChI=1S/C17H16ClF3N2O3/c1-24-14-6-10(7-15(25-2)16(14)26-3)9-22-23-13-8-11(17(19,20)21)4-5-12(13)18/h4-9,23H,1-3H3/b22-9+. The number of anilines is 1. The summed E-state index contributed by atoms with van der Waals surface area (Å²) in [6.07, 6.45) is -3.08. The van der Waals surface area contributed by atoms with Crippen LogP contribution in [-0.4, -0.2) is 27.5 Å². The Kier molecular flexibility index (Phi) is 6.20. The van der Waals surface area contributed by atoms with E-state index in [1.54, 1.807) is 12.1 Å². The van der Waals surface area contributed by atoms with Crippen LogP contribution in [0, 0.1) is 0 Å². The Bertz CT molecular complexity index is 785. The maximum absolute atomic E-state index is 12.8. The van der Waals surface area contributed by atoms with Crippen LogP contribution >= 0.6 is 11.6 Å². The van der Waals surface area contributed by atoms with E-state index in [0.29, 0.717) is 22.8 Å². The Morgan fingerprint density at radius 1 is 1.00 bits per heavy atom. The normalized spacial score (nSPS) is 11.5. The molecule has 2 rings (SSSR count). The number of hydrogen-bond acceptors (Lipinski definition) is 5. The van der Waals surface area contributed by atoms with Gasteiger partial charge in [-0.25, -0.2) is 0 Å². The first-order valence-corrected chi connectivity index (χ1v) is 7.63. The van der Waals surface area contributed by atoms with E-state index in [1.165, 1.54) is 27.5 Å². The van der Waals surface area contributed by atoms with Crippen LogP contribution < -0.4 is 19.6 Å². The Hall–Kier alpha value is -2.61. The van der Waals surface area contributed by atoms with E-state index in [0.717, 1.165) is 18.2 Å². The van der Waals surface area contributed by atoms with Gasteiger partial charge < -0.3 is 14.2 Å². The molecule has 1 N–H and O–H groups in total. The minimum atomic E-state index is -4.47. The molecule has 0 fully saturated rings. The molecule has 26 heavy (non-hydrogen) atoms. The fourth-order valence-electron chi connectivity index (χ4n) is 2.14. The van der Waals surface area contributed by atoms with Crippen molar-refractivity contribution >= 4 is 23.5 Å². The molecule has 0 saturated carbocycles. The molecule has 0 aliphatic heterocycles. The van der Waals surface area contributed by atoms with E-state index < -0.39 is 11.7 Å². The van der Waals surface area contributed by atoms with Gasteiger partial charge in [-0.1, -0.05) is 11.6 Å². The van der Waals surface area contributed by atoms with Gasteiger partial charge in [-0.15, -0.1) is 0 Å². The number of methoxy groups -OCH3 is 3. The van der Waals surface area contributed by atoms with Crippen molar-refractivity contribution in [3.63, 3.8) is 0 Å². The molecule has 0 aromatic heterocycles. The number of benzene rings is 2. The molecule has 0 aliphatic carbocycles. The summed E-state index contributed by atoms with van der Waals surface area (Å²) in [7, 11) is 4.42. The van der Waals surface area contributed by atoms with Gasteiger partial charge in [0.25, 0.3) is 0 Å². The van der Waals surface area contributed by atoms with Crippen molar-refractivity contribution in [2.75, 3.05) is 26.8 Å². The van der Waals surface area contributed by atoms with Gasteiger partial charge in [-0.05, 0) is 30.3 Å². The maximum Gasteiger partial charge on any atom is 0.416 e. The number of hydrazone groups is 1. The van der Waals surface area contributed by atoms with E-state index >= 15 is 0 Å². The minimum Gasteiger partial charge on any atom is -0.493 e. The summed E-state index contributed by atoms with van der Waals surface area (Å²) in [5, 5.41) is 4.03. The smallest absolute Gasteiger partial charge is 0.416 e. The summed E-state index contributed by atoms with van der Waals surface area (Å²) in [4.78, 5) is 0. The number of ether oxygens (including phenoxy) is 3. The Labute approximate surface area is 153 Å². The van der Waals surface area contributed by atoms with Gasteiger partial charge in [0.2, 0.25) is 5.75 Å². The monoisotopic (exact) mass is 388 g/mol.